The SMILES string of the molecule is CCOCCN(C)Cc1csc(NCCC2=CCCC=C2)n1. The number of hydrogen-bond acceptors (Lipinski definition) is 5. The number of rotatable bonds is 10. The van der Waals surface area contributed by atoms with E-state index in [4.69, 9.17) is 4.74 Å². The maximum atomic E-state index is 5.38. The quantitative estimate of drug-likeness (QED) is 0.667. The second kappa shape index (κ2) is 9.77. The fourth-order valence-electron chi connectivity index (χ4n) is 2.35. The van der Waals surface area contributed by atoms with E-state index in [1.165, 1.54) is 18.4 Å². The first-order chi connectivity index (χ1) is 10.8. The minimum absolute atomic E-state index is 0.782. The van der Waals surface area contributed by atoms with Gasteiger partial charge in [-0.05, 0) is 33.2 Å². The molecule has 1 heterocycles. The van der Waals surface area contributed by atoms with Gasteiger partial charge in [0.1, 0.15) is 0 Å². The predicted molar refractivity (Wildman–Crippen MR) is 94.5 cm³/mol. The summed E-state index contributed by atoms with van der Waals surface area (Å²) in [6.45, 7) is 6.35. The van der Waals surface area contributed by atoms with Gasteiger partial charge in [-0.3, -0.25) is 4.90 Å². The van der Waals surface area contributed by atoms with Crippen molar-refractivity contribution in [2.45, 2.75) is 32.7 Å². The van der Waals surface area contributed by atoms with Crippen molar-refractivity contribution in [3.8, 4) is 0 Å². The molecular formula is C17H27N3OS. The van der Waals surface area contributed by atoms with Crippen LogP contribution in [0, 0.1) is 0 Å². The third-order valence-corrected chi connectivity index (χ3v) is 4.42. The Kier molecular flexibility index (Phi) is 7.63. The van der Waals surface area contributed by atoms with Gasteiger partial charge >= 0.3 is 0 Å². The van der Waals surface area contributed by atoms with Crippen LogP contribution in [0.1, 0.15) is 31.9 Å². The lowest BCUT2D eigenvalue weighted by Gasteiger charge is -2.14. The minimum atomic E-state index is 0.782. The van der Waals surface area contributed by atoms with Gasteiger partial charge in [0.15, 0.2) is 5.13 Å². The molecule has 0 saturated carbocycles. The average molecular weight is 321 g/mol. The van der Waals surface area contributed by atoms with Gasteiger partial charge in [-0.25, -0.2) is 4.98 Å². The van der Waals surface area contributed by atoms with E-state index >= 15 is 0 Å². The zero-order valence-electron chi connectivity index (χ0n) is 13.7. The number of aromatic nitrogens is 1. The monoisotopic (exact) mass is 321 g/mol. The summed E-state index contributed by atoms with van der Waals surface area (Å²) in [6, 6.07) is 0. The highest BCUT2D eigenvalue weighted by Gasteiger charge is 2.05. The van der Waals surface area contributed by atoms with Gasteiger partial charge in [0.05, 0.1) is 12.3 Å². The summed E-state index contributed by atoms with van der Waals surface area (Å²) < 4.78 is 5.38. The van der Waals surface area contributed by atoms with E-state index in [1.807, 2.05) is 6.92 Å². The van der Waals surface area contributed by atoms with Crippen LogP contribution in [0.5, 0.6) is 0 Å². The first-order valence-electron chi connectivity index (χ1n) is 8.08. The minimum Gasteiger partial charge on any atom is -0.380 e. The smallest absolute Gasteiger partial charge is 0.182 e. The van der Waals surface area contributed by atoms with Crippen molar-refractivity contribution in [2.24, 2.45) is 0 Å². The standard InChI is InChI=1S/C17H27N3OS/c1-3-21-12-11-20(2)13-16-14-22-17(19-16)18-10-9-15-7-5-4-6-8-15/h5,7-8,14H,3-4,6,9-13H2,1-2H3,(H,18,19). The molecular weight excluding hydrogens is 294 g/mol. The Balaban J connectivity index is 1.67. The molecule has 1 N–H and O–H groups in total. The summed E-state index contributed by atoms with van der Waals surface area (Å²) in [6.07, 6.45) is 10.3. The summed E-state index contributed by atoms with van der Waals surface area (Å²) in [5.41, 5.74) is 2.56. The first-order valence-corrected chi connectivity index (χ1v) is 8.96. The largest absolute Gasteiger partial charge is 0.380 e. The number of likely N-dealkylation sites (N-methyl/N-ethyl adjacent to an activating group) is 1. The molecule has 0 bridgehead atoms. The lowest BCUT2D eigenvalue weighted by atomic mass is 10.0. The molecule has 0 aromatic carbocycles. The number of nitrogens with zero attached hydrogens (tertiary/aromatic N) is 2. The number of ether oxygens (including phenoxy) is 1. The molecule has 0 fully saturated rings. The summed E-state index contributed by atoms with van der Waals surface area (Å²) in [4.78, 5) is 6.89. The van der Waals surface area contributed by atoms with Gasteiger partial charge < -0.3 is 10.1 Å². The van der Waals surface area contributed by atoms with E-state index in [9.17, 15) is 0 Å². The van der Waals surface area contributed by atoms with Crippen LogP contribution < -0.4 is 5.32 Å². The zero-order valence-corrected chi connectivity index (χ0v) is 14.5. The molecule has 2 rings (SSSR count). The molecule has 1 aromatic heterocycles. The fourth-order valence-corrected chi connectivity index (χ4v) is 3.08. The second-order valence-corrected chi connectivity index (χ2v) is 6.37. The highest BCUT2D eigenvalue weighted by molar-refractivity contribution is 7.13. The van der Waals surface area contributed by atoms with Crippen LogP contribution in [0.4, 0.5) is 5.13 Å². The Labute approximate surface area is 137 Å². The number of allylic oxidation sites excluding steroid dienone is 3. The highest BCUT2D eigenvalue weighted by atomic mass is 32.1. The Bertz CT molecular complexity index is 496. The Morgan fingerprint density at radius 2 is 2.32 bits per heavy atom. The maximum absolute atomic E-state index is 5.38. The molecule has 4 nitrogen and oxygen atoms in total. The van der Waals surface area contributed by atoms with Crippen LogP contribution in [-0.2, 0) is 11.3 Å². The van der Waals surface area contributed by atoms with Gasteiger partial charge in [0.25, 0.3) is 0 Å². The first kappa shape index (κ1) is 17.2. The van der Waals surface area contributed by atoms with Crippen LogP contribution in [0.15, 0.2) is 29.2 Å². The Morgan fingerprint density at radius 3 is 3.09 bits per heavy atom. The Hall–Kier alpha value is -1.17. The molecule has 5 heteroatoms. The van der Waals surface area contributed by atoms with E-state index in [0.717, 1.165) is 50.1 Å². The van der Waals surface area contributed by atoms with Crippen molar-refractivity contribution < 1.29 is 4.74 Å². The normalized spacial score (nSPS) is 14.4. The summed E-state index contributed by atoms with van der Waals surface area (Å²) in [5.74, 6) is 0. The average Bonchev–Trinajstić information content (AvgIpc) is 2.96. The summed E-state index contributed by atoms with van der Waals surface area (Å²) in [5, 5.41) is 6.59. The molecule has 0 aliphatic heterocycles. The molecule has 22 heavy (non-hydrogen) atoms. The van der Waals surface area contributed by atoms with Gasteiger partial charge in [0.2, 0.25) is 0 Å². The van der Waals surface area contributed by atoms with E-state index in [1.54, 1.807) is 11.3 Å². The molecule has 0 saturated heterocycles. The van der Waals surface area contributed by atoms with Crippen LogP contribution >= 0.6 is 11.3 Å². The van der Waals surface area contributed by atoms with Gasteiger partial charge in [-0.2, -0.15) is 0 Å². The van der Waals surface area contributed by atoms with E-state index in [2.05, 4.69) is 45.9 Å². The van der Waals surface area contributed by atoms with Crippen molar-refractivity contribution >= 4 is 16.5 Å². The predicted octanol–water partition coefficient (Wildman–Crippen LogP) is 3.69. The van der Waals surface area contributed by atoms with Gasteiger partial charge in [-0.15, -0.1) is 11.3 Å². The van der Waals surface area contributed by atoms with Crippen LogP contribution in [-0.4, -0.2) is 43.2 Å². The molecule has 1 aliphatic rings. The maximum Gasteiger partial charge on any atom is 0.182 e. The number of thiazole rings is 1. The van der Waals surface area contributed by atoms with Crippen LogP contribution in [0.2, 0.25) is 0 Å². The van der Waals surface area contributed by atoms with Crippen LogP contribution in [0.25, 0.3) is 0 Å². The molecule has 1 aromatic rings. The lowest BCUT2D eigenvalue weighted by molar-refractivity contribution is 0.120. The van der Waals surface area contributed by atoms with Crippen LogP contribution in [0.3, 0.4) is 0 Å². The molecule has 1 aliphatic carbocycles. The summed E-state index contributed by atoms with van der Waals surface area (Å²) >= 11 is 1.69. The third kappa shape index (κ3) is 6.30. The molecule has 0 unspecified atom stereocenters. The van der Waals surface area contributed by atoms with Crippen molar-refractivity contribution in [1.29, 1.82) is 0 Å². The molecule has 0 spiro atoms. The second-order valence-electron chi connectivity index (χ2n) is 5.51. The van der Waals surface area contributed by atoms with Gasteiger partial charge in [-0.1, -0.05) is 23.8 Å². The summed E-state index contributed by atoms with van der Waals surface area (Å²) in [7, 11) is 2.10. The third-order valence-electron chi connectivity index (χ3n) is 3.57. The van der Waals surface area contributed by atoms with Gasteiger partial charge in [0, 0.05) is 31.6 Å². The lowest BCUT2D eigenvalue weighted by Crippen LogP contribution is -2.22. The van der Waals surface area contributed by atoms with E-state index in [-0.39, 0.29) is 0 Å². The van der Waals surface area contributed by atoms with Crippen molar-refractivity contribution in [2.75, 3.05) is 38.7 Å². The molecule has 0 amide bonds. The fraction of sp³-hybridized carbons (Fsp3) is 0.588. The van der Waals surface area contributed by atoms with Crippen molar-refractivity contribution in [3.05, 3.63) is 34.9 Å². The number of anilines is 1. The van der Waals surface area contributed by atoms with Crippen molar-refractivity contribution in [3.63, 3.8) is 0 Å². The van der Waals surface area contributed by atoms with Crippen molar-refractivity contribution in [1.82, 2.24) is 9.88 Å². The molecule has 0 radical (unpaired) electrons. The molecule has 122 valence electrons. The number of hydrogen-bond donors (Lipinski definition) is 1. The zero-order chi connectivity index (χ0) is 15.6. The Morgan fingerprint density at radius 1 is 1.41 bits per heavy atom. The number of nitrogens with one attached hydrogen (secondary N) is 1. The van der Waals surface area contributed by atoms with E-state index in [0.29, 0.717) is 0 Å². The highest BCUT2D eigenvalue weighted by Crippen LogP contribution is 2.18. The topological polar surface area (TPSA) is 37.4 Å². The van der Waals surface area contributed by atoms with E-state index < -0.39 is 0 Å². The molecule has 0 atom stereocenters.